The van der Waals surface area contributed by atoms with Gasteiger partial charge in [-0.1, -0.05) is 13.8 Å². The van der Waals surface area contributed by atoms with E-state index in [2.05, 4.69) is 0 Å². The molecule has 0 bridgehead atoms. The summed E-state index contributed by atoms with van der Waals surface area (Å²) in [6.45, 7) is 7.47. The molecule has 0 unspecified atom stereocenters. The van der Waals surface area contributed by atoms with E-state index in [1.54, 1.807) is 0 Å². The van der Waals surface area contributed by atoms with E-state index in [0.29, 0.717) is 6.42 Å². The van der Waals surface area contributed by atoms with Gasteiger partial charge in [-0.25, -0.2) is 0 Å². The molecule has 0 amide bonds. The Morgan fingerprint density at radius 3 is 1.81 bits per heavy atom. The second-order valence-corrected chi connectivity index (χ2v) is 5.07. The first kappa shape index (κ1) is 17.4. The molecule has 0 radical (unpaired) electrons. The lowest BCUT2D eigenvalue weighted by atomic mass is 9.89. The SMILES string of the molecule is CC[C@H]1O[C@H](OC(C)=O)[C@@H](OC(C)=O)[C@@H](OC(C)=O)[C@@H]1C. The first-order valence-corrected chi connectivity index (χ1v) is 6.93. The van der Waals surface area contributed by atoms with E-state index in [0.717, 1.165) is 0 Å². The highest BCUT2D eigenvalue weighted by Crippen LogP contribution is 2.32. The molecular formula is C14H22O7. The lowest BCUT2D eigenvalue weighted by Gasteiger charge is -2.43. The van der Waals surface area contributed by atoms with E-state index in [1.807, 2.05) is 13.8 Å². The van der Waals surface area contributed by atoms with E-state index in [9.17, 15) is 14.4 Å². The topological polar surface area (TPSA) is 88.1 Å². The Hall–Kier alpha value is -1.63. The third-order valence-electron chi connectivity index (χ3n) is 3.29. The maximum absolute atomic E-state index is 11.3. The van der Waals surface area contributed by atoms with Crippen LogP contribution in [0.4, 0.5) is 0 Å². The molecule has 21 heavy (non-hydrogen) atoms. The van der Waals surface area contributed by atoms with Gasteiger partial charge in [-0.2, -0.15) is 0 Å². The molecule has 1 saturated heterocycles. The Morgan fingerprint density at radius 2 is 1.38 bits per heavy atom. The summed E-state index contributed by atoms with van der Waals surface area (Å²) in [5.41, 5.74) is 0. The molecule has 120 valence electrons. The molecule has 0 spiro atoms. The van der Waals surface area contributed by atoms with Crippen LogP contribution in [0.5, 0.6) is 0 Å². The van der Waals surface area contributed by atoms with Gasteiger partial charge >= 0.3 is 17.9 Å². The van der Waals surface area contributed by atoms with Crippen molar-refractivity contribution in [1.82, 2.24) is 0 Å². The fourth-order valence-corrected chi connectivity index (χ4v) is 2.45. The van der Waals surface area contributed by atoms with E-state index >= 15 is 0 Å². The largest absolute Gasteiger partial charge is 0.458 e. The molecule has 7 heteroatoms. The summed E-state index contributed by atoms with van der Waals surface area (Å²) < 4.78 is 21.2. The van der Waals surface area contributed by atoms with Gasteiger partial charge in [0.1, 0.15) is 6.10 Å². The standard InChI is InChI=1S/C14H22O7/c1-6-11-7(2)12(18-8(3)15)13(19-9(4)16)14(21-11)20-10(5)17/h7,11-14H,6H2,1-5H3/t7-,11-,12+,13+,14+/m1/s1. The van der Waals surface area contributed by atoms with Crippen molar-refractivity contribution in [3.8, 4) is 0 Å². The molecular weight excluding hydrogens is 280 g/mol. The maximum atomic E-state index is 11.3. The molecule has 1 heterocycles. The molecule has 1 aliphatic heterocycles. The average Bonchev–Trinajstić information content (AvgIpc) is 2.35. The number of ether oxygens (including phenoxy) is 4. The summed E-state index contributed by atoms with van der Waals surface area (Å²) in [7, 11) is 0. The lowest BCUT2D eigenvalue weighted by molar-refractivity contribution is -0.281. The van der Waals surface area contributed by atoms with Gasteiger partial charge < -0.3 is 18.9 Å². The third kappa shape index (κ3) is 4.70. The molecule has 1 rings (SSSR count). The Morgan fingerprint density at radius 1 is 0.905 bits per heavy atom. The molecule has 5 atom stereocenters. The fourth-order valence-electron chi connectivity index (χ4n) is 2.45. The highest BCUT2D eigenvalue weighted by atomic mass is 16.7. The Kier molecular flexibility index (Phi) is 6.14. The van der Waals surface area contributed by atoms with Crippen LogP contribution in [0.2, 0.25) is 0 Å². The van der Waals surface area contributed by atoms with Gasteiger partial charge in [0, 0.05) is 26.7 Å². The zero-order valence-corrected chi connectivity index (χ0v) is 13.0. The molecule has 7 nitrogen and oxygen atoms in total. The second kappa shape index (κ2) is 7.40. The first-order chi connectivity index (χ1) is 9.76. The Labute approximate surface area is 123 Å². The number of esters is 3. The van der Waals surface area contributed by atoms with E-state index in [-0.39, 0.29) is 12.0 Å². The highest BCUT2D eigenvalue weighted by Gasteiger charge is 2.48. The number of carbonyl (C=O) groups is 3. The summed E-state index contributed by atoms with van der Waals surface area (Å²) in [6.07, 6.45) is -2.42. The average molecular weight is 302 g/mol. The summed E-state index contributed by atoms with van der Waals surface area (Å²) in [5, 5.41) is 0. The van der Waals surface area contributed by atoms with Crippen LogP contribution in [0.15, 0.2) is 0 Å². The molecule has 0 aliphatic carbocycles. The van der Waals surface area contributed by atoms with Crippen LogP contribution in [-0.2, 0) is 33.3 Å². The molecule has 0 aromatic carbocycles. The molecule has 0 aromatic rings. The third-order valence-corrected chi connectivity index (χ3v) is 3.29. The minimum Gasteiger partial charge on any atom is -0.458 e. The Bertz CT molecular complexity index is 406. The highest BCUT2D eigenvalue weighted by molar-refractivity contribution is 5.68. The van der Waals surface area contributed by atoms with Gasteiger partial charge in [-0.3, -0.25) is 14.4 Å². The monoisotopic (exact) mass is 302 g/mol. The zero-order valence-electron chi connectivity index (χ0n) is 13.0. The lowest BCUT2D eigenvalue weighted by Crippen LogP contribution is -2.57. The van der Waals surface area contributed by atoms with E-state index in [4.69, 9.17) is 18.9 Å². The van der Waals surface area contributed by atoms with Crippen molar-refractivity contribution < 1.29 is 33.3 Å². The Balaban J connectivity index is 3.05. The van der Waals surface area contributed by atoms with Crippen molar-refractivity contribution in [2.24, 2.45) is 5.92 Å². The predicted octanol–water partition coefficient (Wildman–Crippen LogP) is 1.18. The predicted molar refractivity (Wildman–Crippen MR) is 71.0 cm³/mol. The fraction of sp³-hybridized carbons (Fsp3) is 0.786. The van der Waals surface area contributed by atoms with Crippen LogP contribution in [0.3, 0.4) is 0 Å². The molecule has 0 N–H and O–H groups in total. The van der Waals surface area contributed by atoms with Crippen molar-refractivity contribution in [3.05, 3.63) is 0 Å². The molecule has 1 aliphatic rings. The van der Waals surface area contributed by atoms with Gasteiger partial charge in [0.05, 0.1) is 6.10 Å². The van der Waals surface area contributed by atoms with E-state index < -0.39 is 36.4 Å². The van der Waals surface area contributed by atoms with Crippen LogP contribution >= 0.6 is 0 Å². The minimum absolute atomic E-state index is 0.199. The molecule has 0 aromatic heterocycles. The number of hydrogen-bond acceptors (Lipinski definition) is 7. The number of hydrogen-bond donors (Lipinski definition) is 0. The number of carbonyl (C=O) groups excluding carboxylic acids is 3. The number of rotatable bonds is 4. The molecule has 0 saturated carbocycles. The van der Waals surface area contributed by atoms with Crippen LogP contribution in [0, 0.1) is 5.92 Å². The summed E-state index contributed by atoms with van der Waals surface area (Å²) in [4.78, 5) is 33.8. The van der Waals surface area contributed by atoms with E-state index in [1.165, 1.54) is 20.8 Å². The van der Waals surface area contributed by atoms with Gasteiger partial charge in [0.2, 0.25) is 12.4 Å². The first-order valence-electron chi connectivity index (χ1n) is 6.93. The van der Waals surface area contributed by atoms with Crippen molar-refractivity contribution >= 4 is 17.9 Å². The van der Waals surface area contributed by atoms with Crippen molar-refractivity contribution in [2.75, 3.05) is 0 Å². The summed E-state index contributed by atoms with van der Waals surface area (Å²) >= 11 is 0. The summed E-state index contributed by atoms with van der Waals surface area (Å²) in [6, 6.07) is 0. The van der Waals surface area contributed by atoms with Crippen LogP contribution in [-0.4, -0.2) is 42.5 Å². The van der Waals surface area contributed by atoms with Crippen LogP contribution < -0.4 is 0 Å². The quantitative estimate of drug-likeness (QED) is 0.569. The zero-order chi connectivity index (χ0) is 16.2. The minimum atomic E-state index is -1.09. The smallest absolute Gasteiger partial charge is 0.305 e. The van der Waals surface area contributed by atoms with Crippen molar-refractivity contribution in [2.45, 2.75) is 65.6 Å². The van der Waals surface area contributed by atoms with Crippen molar-refractivity contribution in [1.29, 1.82) is 0 Å². The summed E-state index contributed by atoms with van der Waals surface area (Å²) in [5.74, 6) is -1.83. The van der Waals surface area contributed by atoms with Gasteiger partial charge in [-0.05, 0) is 6.42 Å². The normalized spacial score (nSPS) is 32.1. The van der Waals surface area contributed by atoms with Gasteiger partial charge in [-0.15, -0.1) is 0 Å². The molecule has 1 fully saturated rings. The van der Waals surface area contributed by atoms with Crippen LogP contribution in [0.1, 0.15) is 41.0 Å². The van der Waals surface area contributed by atoms with Gasteiger partial charge in [0.25, 0.3) is 0 Å². The maximum Gasteiger partial charge on any atom is 0.305 e. The van der Waals surface area contributed by atoms with Crippen LogP contribution in [0.25, 0.3) is 0 Å². The second-order valence-electron chi connectivity index (χ2n) is 5.07. The van der Waals surface area contributed by atoms with Gasteiger partial charge in [0.15, 0.2) is 0 Å². The van der Waals surface area contributed by atoms with Crippen molar-refractivity contribution in [3.63, 3.8) is 0 Å².